The van der Waals surface area contributed by atoms with Crippen LogP contribution in [0.4, 0.5) is 0 Å². The summed E-state index contributed by atoms with van der Waals surface area (Å²) < 4.78 is 7.76. The summed E-state index contributed by atoms with van der Waals surface area (Å²) in [7, 11) is 3.84. The molecule has 0 saturated heterocycles. The van der Waals surface area contributed by atoms with Crippen molar-refractivity contribution in [2.75, 3.05) is 13.7 Å². The van der Waals surface area contributed by atoms with Crippen molar-refractivity contribution in [3.63, 3.8) is 0 Å². The Hall–Kier alpha value is -1.95. The van der Waals surface area contributed by atoms with Gasteiger partial charge in [-0.2, -0.15) is 5.10 Å². The van der Waals surface area contributed by atoms with Gasteiger partial charge in [-0.1, -0.05) is 27.2 Å². The van der Waals surface area contributed by atoms with E-state index in [4.69, 9.17) is 4.74 Å². The Morgan fingerprint density at radius 1 is 1.39 bits per heavy atom. The first-order valence-corrected chi connectivity index (χ1v) is 10.4. The molecule has 2 aromatic rings. The van der Waals surface area contributed by atoms with E-state index in [1.165, 1.54) is 6.42 Å². The zero-order valence-corrected chi connectivity index (χ0v) is 18.0. The number of carbonyl (C=O) groups excluding carboxylic acids is 1. The molecule has 2 heterocycles. The maximum absolute atomic E-state index is 13.3. The molecule has 28 heavy (non-hydrogen) atoms. The van der Waals surface area contributed by atoms with Crippen LogP contribution >= 0.6 is 0 Å². The second-order valence-corrected chi connectivity index (χ2v) is 9.52. The second kappa shape index (κ2) is 6.55. The highest BCUT2D eigenvalue weighted by molar-refractivity contribution is 5.97. The lowest BCUT2D eigenvalue weighted by molar-refractivity contribution is -0.192. The fourth-order valence-electron chi connectivity index (χ4n) is 5.10. The molecule has 152 valence electrons. The summed E-state index contributed by atoms with van der Waals surface area (Å²) in [5, 5.41) is 5.62. The van der Waals surface area contributed by atoms with Crippen LogP contribution in [0.2, 0.25) is 0 Å². The molecule has 1 spiro atoms. The lowest BCUT2D eigenvalue weighted by Crippen LogP contribution is -2.67. The van der Waals surface area contributed by atoms with Crippen LogP contribution < -0.4 is 0 Å². The molecule has 0 aliphatic heterocycles. The average molecular weight is 385 g/mol. The first-order valence-electron chi connectivity index (χ1n) is 10.4. The molecule has 1 amide bonds. The minimum Gasteiger partial charge on any atom is -0.378 e. The molecule has 6 nitrogen and oxygen atoms in total. The number of aromatic nitrogens is 3. The van der Waals surface area contributed by atoms with Gasteiger partial charge < -0.3 is 9.64 Å². The Morgan fingerprint density at radius 2 is 2.11 bits per heavy atom. The number of nitrogens with zero attached hydrogens (tertiary/aromatic N) is 4. The van der Waals surface area contributed by atoms with E-state index < -0.39 is 0 Å². The third-order valence-electron chi connectivity index (χ3n) is 6.82. The number of rotatable bonds is 4. The van der Waals surface area contributed by atoms with Gasteiger partial charge in [0.15, 0.2) is 5.65 Å². The zero-order valence-electron chi connectivity index (χ0n) is 18.0. The number of fused-ring (bicyclic) bond motifs is 1. The van der Waals surface area contributed by atoms with E-state index in [1.54, 1.807) is 10.9 Å². The summed E-state index contributed by atoms with van der Waals surface area (Å²) in [4.78, 5) is 19.8. The van der Waals surface area contributed by atoms with Gasteiger partial charge in [0, 0.05) is 49.2 Å². The van der Waals surface area contributed by atoms with Crippen molar-refractivity contribution in [2.24, 2.45) is 12.5 Å². The van der Waals surface area contributed by atoms with E-state index in [1.807, 2.05) is 25.1 Å². The topological polar surface area (TPSA) is 60.2 Å². The highest BCUT2D eigenvalue weighted by Crippen LogP contribution is 2.59. The van der Waals surface area contributed by atoms with Gasteiger partial charge in [-0.25, -0.2) is 4.98 Å². The average Bonchev–Trinajstić information content (AvgIpc) is 2.92. The number of ether oxygens (including phenoxy) is 1. The Morgan fingerprint density at radius 3 is 2.68 bits per heavy atom. The van der Waals surface area contributed by atoms with Gasteiger partial charge >= 0.3 is 0 Å². The SMILES string of the molecule is CCOC1CC(N(C)C(=O)c2cnc3c(c2)c(C(C)(C)C)nn3C)C12CCC2. The van der Waals surface area contributed by atoms with Gasteiger partial charge in [-0.15, -0.1) is 0 Å². The molecule has 0 N–H and O–H groups in total. The Labute approximate surface area is 167 Å². The lowest BCUT2D eigenvalue weighted by atomic mass is 9.50. The van der Waals surface area contributed by atoms with Gasteiger partial charge in [0.2, 0.25) is 0 Å². The number of aryl methyl sites for hydroxylation is 1. The lowest BCUT2D eigenvalue weighted by Gasteiger charge is -2.63. The fourth-order valence-corrected chi connectivity index (χ4v) is 5.10. The van der Waals surface area contributed by atoms with Gasteiger partial charge in [0.25, 0.3) is 5.91 Å². The van der Waals surface area contributed by atoms with Crippen molar-refractivity contribution in [3.05, 3.63) is 23.5 Å². The summed E-state index contributed by atoms with van der Waals surface area (Å²) in [5.41, 5.74) is 2.50. The molecule has 0 radical (unpaired) electrons. The van der Waals surface area contributed by atoms with Crippen LogP contribution in [0.3, 0.4) is 0 Å². The molecule has 2 aliphatic rings. The van der Waals surface area contributed by atoms with Crippen LogP contribution in [0.15, 0.2) is 12.3 Å². The van der Waals surface area contributed by atoms with E-state index in [0.717, 1.165) is 42.6 Å². The predicted molar refractivity (Wildman–Crippen MR) is 109 cm³/mol. The number of hydrogen-bond acceptors (Lipinski definition) is 4. The van der Waals surface area contributed by atoms with Crippen LogP contribution in [0.1, 0.15) is 69.4 Å². The molecule has 2 aromatic heterocycles. The number of hydrogen-bond donors (Lipinski definition) is 0. The normalized spacial score (nSPS) is 23.5. The molecule has 6 heteroatoms. The van der Waals surface area contributed by atoms with Crippen LogP contribution in [0, 0.1) is 5.41 Å². The van der Waals surface area contributed by atoms with Crippen molar-refractivity contribution < 1.29 is 9.53 Å². The second-order valence-electron chi connectivity index (χ2n) is 9.52. The van der Waals surface area contributed by atoms with E-state index in [-0.39, 0.29) is 22.8 Å². The predicted octanol–water partition coefficient (Wildman–Crippen LogP) is 3.69. The molecule has 2 fully saturated rings. The quantitative estimate of drug-likeness (QED) is 0.807. The molecule has 4 rings (SSSR count). The van der Waals surface area contributed by atoms with Gasteiger partial charge in [-0.05, 0) is 32.3 Å². The standard InChI is InChI=1S/C22H32N4O2/c1-7-28-17-12-16(22(17)9-8-10-22)25(5)20(27)14-11-15-18(21(2,3)4)24-26(6)19(15)23-13-14/h11,13,16-17H,7-10,12H2,1-6H3. The zero-order chi connectivity index (χ0) is 20.3. The third-order valence-corrected chi connectivity index (χ3v) is 6.82. The summed E-state index contributed by atoms with van der Waals surface area (Å²) in [6.45, 7) is 9.21. The van der Waals surface area contributed by atoms with E-state index in [2.05, 4.69) is 37.8 Å². The highest BCUT2D eigenvalue weighted by atomic mass is 16.5. The summed E-state index contributed by atoms with van der Waals surface area (Å²) >= 11 is 0. The first-order chi connectivity index (χ1) is 13.2. The van der Waals surface area contributed by atoms with E-state index >= 15 is 0 Å². The monoisotopic (exact) mass is 384 g/mol. The van der Waals surface area contributed by atoms with Crippen LogP contribution in [-0.4, -0.2) is 51.4 Å². The van der Waals surface area contributed by atoms with E-state index in [0.29, 0.717) is 11.7 Å². The maximum Gasteiger partial charge on any atom is 0.255 e. The van der Waals surface area contributed by atoms with Gasteiger partial charge in [0.05, 0.1) is 17.4 Å². The Bertz CT molecular complexity index is 907. The summed E-state index contributed by atoms with van der Waals surface area (Å²) in [5.74, 6) is 0.0457. The van der Waals surface area contributed by atoms with Crippen molar-refractivity contribution in [3.8, 4) is 0 Å². The summed E-state index contributed by atoms with van der Waals surface area (Å²) in [6, 6.07) is 2.23. The van der Waals surface area contributed by atoms with E-state index in [9.17, 15) is 4.79 Å². The van der Waals surface area contributed by atoms with Gasteiger partial charge in [-0.3, -0.25) is 9.48 Å². The Balaban J connectivity index is 1.62. The molecular weight excluding hydrogens is 352 g/mol. The smallest absolute Gasteiger partial charge is 0.255 e. The van der Waals surface area contributed by atoms with Crippen molar-refractivity contribution in [1.29, 1.82) is 0 Å². The Kier molecular flexibility index (Phi) is 4.53. The van der Waals surface area contributed by atoms with Crippen LogP contribution in [-0.2, 0) is 17.2 Å². The molecule has 2 aliphatic carbocycles. The highest BCUT2D eigenvalue weighted by Gasteiger charge is 2.60. The molecule has 2 atom stereocenters. The summed E-state index contributed by atoms with van der Waals surface area (Å²) in [6.07, 6.45) is 6.49. The van der Waals surface area contributed by atoms with Crippen molar-refractivity contribution in [2.45, 2.75) is 70.9 Å². The third kappa shape index (κ3) is 2.76. The van der Waals surface area contributed by atoms with Crippen molar-refractivity contribution in [1.82, 2.24) is 19.7 Å². The number of amides is 1. The number of carbonyl (C=O) groups is 1. The fraction of sp³-hybridized carbons (Fsp3) is 0.682. The minimum absolute atomic E-state index is 0.0457. The van der Waals surface area contributed by atoms with Crippen LogP contribution in [0.5, 0.6) is 0 Å². The first kappa shape index (κ1) is 19.4. The molecule has 0 aromatic carbocycles. The largest absolute Gasteiger partial charge is 0.378 e. The maximum atomic E-state index is 13.3. The van der Waals surface area contributed by atoms with Gasteiger partial charge in [0.1, 0.15) is 0 Å². The van der Waals surface area contributed by atoms with Crippen LogP contribution in [0.25, 0.3) is 11.0 Å². The minimum atomic E-state index is -0.108. The molecular formula is C22H32N4O2. The molecule has 0 bridgehead atoms. The number of pyridine rings is 1. The molecule has 2 saturated carbocycles. The molecule has 2 unspecified atom stereocenters. The van der Waals surface area contributed by atoms with Crippen molar-refractivity contribution >= 4 is 16.9 Å².